The molecular formula is C28H18O7. The van der Waals surface area contributed by atoms with E-state index in [1.54, 1.807) is 72.8 Å². The number of rotatable bonds is 10. The van der Waals surface area contributed by atoms with Gasteiger partial charge in [-0.05, 0) is 97.1 Å². The molecule has 0 saturated carbocycles. The molecule has 7 heteroatoms. The minimum absolute atomic E-state index is 0.273. The Hall–Kier alpha value is -5.04. The molecule has 0 heterocycles. The molecule has 0 aliphatic carbocycles. The third-order valence-corrected chi connectivity index (χ3v) is 4.85. The van der Waals surface area contributed by atoms with Gasteiger partial charge in [-0.1, -0.05) is 0 Å². The van der Waals surface area contributed by atoms with Gasteiger partial charge < -0.3 is 14.2 Å². The lowest BCUT2D eigenvalue weighted by atomic mass is 10.1. The molecule has 0 spiro atoms. The van der Waals surface area contributed by atoms with E-state index in [0.717, 1.165) is 0 Å². The Labute approximate surface area is 200 Å². The van der Waals surface area contributed by atoms with E-state index in [0.29, 0.717) is 45.6 Å². The number of ketones is 2. The lowest BCUT2D eigenvalue weighted by molar-refractivity contribution is -0.105. The van der Waals surface area contributed by atoms with E-state index >= 15 is 0 Å². The predicted molar refractivity (Wildman–Crippen MR) is 127 cm³/mol. The molecule has 0 N–H and O–H groups in total. The van der Waals surface area contributed by atoms with Crippen LogP contribution in [-0.2, 0) is 9.59 Å². The summed E-state index contributed by atoms with van der Waals surface area (Å²) in [4.78, 5) is 43.8. The molecule has 4 aromatic carbocycles. The Balaban J connectivity index is 1.33. The predicted octanol–water partition coefficient (Wildman–Crippen LogP) is 5.83. The topological polar surface area (TPSA) is 96.0 Å². The van der Waals surface area contributed by atoms with Crippen molar-refractivity contribution in [3.8, 4) is 34.5 Å². The average Bonchev–Trinajstić information content (AvgIpc) is 2.91. The largest absolute Gasteiger partial charge is 0.457 e. The minimum Gasteiger partial charge on any atom is -0.457 e. The van der Waals surface area contributed by atoms with Crippen LogP contribution in [0.5, 0.6) is 34.5 Å². The molecule has 172 valence electrons. The summed E-state index contributed by atoms with van der Waals surface area (Å²) in [5.74, 6) is 2.26. The Morgan fingerprint density at radius 2 is 0.600 bits per heavy atom. The van der Waals surface area contributed by atoms with E-state index in [1.165, 1.54) is 24.3 Å². The van der Waals surface area contributed by atoms with E-state index in [4.69, 9.17) is 14.2 Å². The van der Waals surface area contributed by atoms with Gasteiger partial charge in [-0.2, -0.15) is 0 Å². The molecule has 4 aromatic rings. The standard InChI is InChI=1S/C28H18O7/c29-17-27(31)19-1-5-21(6-2-19)33-23-9-13-25(14-10-23)35-26-15-11-24(12-16-26)34-22-7-3-20(4-8-22)28(32)18-30/h1-18H. The molecule has 7 nitrogen and oxygen atoms in total. The first-order valence-electron chi connectivity index (χ1n) is 10.5. The van der Waals surface area contributed by atoms with E-state index in [2.05, 4.69) is 0 Å². The maximum absolute atomic E-state index is 11.4. The summed E-state index contributed by atoms with van der Waals surface area (Å²) in [6, 6.07) is 26.6. The normalized spacial score (nSPS) is 10.2. The van der Waals surface area contributed by atoms with Gasteiger partial charge in [-0.25, -0.2) is 0 Å². The number of benzene rings is 4. The van der Waals surface area contributed by atoms with Gasteiger partial charge in [0.15, 0.2) is 12.6 Å². The zero-order valence-corrected chi connectivity index (χ0v) is 18.3. The first-order valence-corrected chi connectivity index (χ1v) is 10.5. The van der Waals surface area contributed by atoms with Gasteiger partial charge in [0.1, 0.15) is 34.5 Å². The van der Waals surface area contributed by atoms with Crippen molar-refractivity contribution in [3.63, 3.8) is 0 Å². The highest BCUT2D eigenvalue weighted by Crippen LogP contribution is 2.29. The molecule has 0 aliphatic heterocycles. The van der Waals surface area contributed by atoms with Crippen LogP contribution in [0.25, 0.3) is 0 Å². The number of Topliss-reactive ketones (excluding diaryl/α,β-unsaturated/α-hetero) is 2. The van der Waals surface area contributed by atoms with Crippen LogP contribution in [0.4, 0.5) is 0 Å². The second-order valence-corrected chi connectivity index (χ2v) is 7.26. The molecule has 0 saturated heterocycles. The van der Waals surface area contributed by atoms with Crippen LogP contribution in [0.2, 0.25) is 0 Å². The molecule has 0 radical (unpaired) electrons. The summed E-state index contributed by atoms with van der Waals surface area (Å²) < 4.78 is 17.3. The van der Waals surface area contributed by atoms with Crippen LogP contribution in [-0.4, -0.2) is 24.1 Å². The third kappa shape index (κ3) is 6.06. The highest BCUT2D eigenvalue weighted by molar-refractivity contribution is 6.33. The summed E-state index contributed by atoms with van der Waals surface area (Å²) in [5.41, 5.74) is 0.605. The summed E-state index contributed by atoms with van der Waals surface area (Å²) >= 11 is 0. The molecular weight excluding hydrogens is 448 g/mol. The number of hydrogen-bond donors (Lipinski definition) is 0. The van der Waals surface area contributed by atoms with Gasteiger partial charge >= 0.3 is 0 Å². The highest BCUT2D eigenvalue weighted by Gasteiger charge is 2.06. The Morgan fingerprint density at radius 1 is 0.400 bits per heavy atom. The van der Waals surface area contributed by atoms with Crippen LogP contribution in [0, 0.1) is 0 Å². The first kappa shape index (κ1) is 23.1. The second kappa shape index (κ2) is 10.7. The van der Waals surface area contributed by atoms with Crippen molar-refractivity contribution in [2.45, 2.75) is 0 Å². The fourth-order valence-electron chi connectivity index (χ4n) is 3.07. The molecule has 0 unspecified atom stereocenters. The van der Waals surface area contributed by atoms with Crippen molar-refractivity contribution < 1.29 is 33.4 Å². The van der Waals surface area contributed by atoms with Gasteiger partial charge in [0.25, 0.3) is 0 Å². The number of hydrogen-bond acceptors (Lipinski definition) is 7. The lowest BCUT2D eigenvalue weighted by Gasteiger charge is -2.10. The summed E-state index contributed by atoms with van der Waals surface area (Å²) in [6.45, 7) is 0. The van der Waals surface area contributed by atoms with Crippen LogP contribution in [0.1, 0.15) is 20.7 Å². The van der Waals surface area contributed by atoms with Crippen molar-refractivity contribution in [2.24, 2.45) is 0 Å². The van der Waals surface area contributed by atoms with Gasteiger partial charge in [-0.15, -0.1) is 0 Å². The van der Waals surface area contributed by atoms with E-state index in [-0.39, 0.29) is 12.6 Å². The molecule has 0 bridgehead atoms. The zero-order valence-electron chi connectivity index (χ0n) is 18.3. The third-order valence-electron chi connectivity index (χ3n) is 4.85. The maximum Gasteiger partial charge on any atom is 0.225 e. The minimum atomic E-state index is -0.583. The Kier molecular flexibility index (Phi) is 7.08. The number of carbonyl (C=O) groups is 4. The molecule has 0 aromatic heterocycles. The van der Waals surface area contributed by atoms with Crippen molar-refractivity contribution in [3.05, 3.63) is 108 Å². The summed E-state index contributed by atoms with van der Waals surface area (Å²) in [7, 11) is 0. The van der Waals surface area contributed by atoms with Crippen molar-refractivity contribution in [2.75, 3.05) is 0 Å². The smallest absolute Gasteiger partial charge is 0.225 e. The monoisotopic (exact) mass is 466 g/mol. The van der Waals surface area contributed by atoms with Crippen LogP contribution < -0.4 is 14.2 Å². The summed E-state index contributed by atoms with van der Waals surface area (Å²) in [6.07, 6.45) is 0.547. The molecule has 0 amide bonds. The van der Waals surface area contributed by atoms with Crippen LogP contribution in [0.15, 0.2) is 97.1 Å². The lowest BCUT2D eigenvalue weighted by Crippen LogP contribution is -1.98. The molecule has 0 aliphatic rings. The highest BCUT2D eigenvalue weighted by atomic mass is 16.5. The van der Waals surface area contributed by atoms with Crippen LogP contribution in [0.3, 0.4) is 0 Å². The summed E-state index contributed by atoms with van der Waals surface area (Å²) in [5, 5.41) is 0. The Morgan fingerprint density at radius 3 is 0.800 bits per heavy atom. The van der Waals surface area contributed by atoms with E-state index in [9.17, 15) is 19.2 Å². The zero-order chi connectivity index (χ0) is 24.6. The fourth-order valence-corrected chi connectivity index (χ4v) is 3.07. The Bertz CT molecular complexity index is 1230. The molecule has 35 heavy (non-hydrogen) atoms. The van der Waals surface area contributed by atoms with E-state index in [1.807, 2.05) is 0 Å². The number of carbonyl (C=O) groups excluding carboxylic acids is 4. The van der Waals surface area contributed by atoms with E-state index < -0.39 is 11.6 Å². The van der Waals surface area contributed by atoms with Gasteiger partial charge in [0, 0.05) is 11.1 Å². The van der Waals surface area contributed by atoms with Crippen LogP contribution >= 0.6 is 0 Å². The fraction of sp³-hybridized carbons (Fsp3) is 0. The SMILES string of the molecule is O=CC(=O)c1ccc(Oc2ccc(Oc3ccc(Oc4ccc(C(=O)C=O)cc4)cc3)cc2)cc1. The average molecular weight is 466 g/mol. The quantitative estimate of drug-likeness (QED) is 0.165. The number of aldehydes is 2. The maximum atomic E-state index is 11.4. The molecule has 0 atom stereocenters. The second-order valence-electron chi connectivity index (χ2n) is 7.26. The van der Waals surface area contributed by atoms with Crippen molar-refractivity contribution >= 4 is 24.1 Å². The molecule has 0 fully saturated rings. The molecule has 4 rings (SSSR count). The van der Waals surface area contributed by atoms with Crippen molar-refractivity contribution in [1.29, 1.82) is 0 Å². The first-order chi connectivity index (χ1) is 17.0. The van der Waals surface area contributed by atoms with Gasteiger partial charge in [0.2, 0.25) is 11.6 Å². The van der Waals surface area contributed by atoms with Gasteiger partial charge in [-0.3, -0.25) is 19.2 Å². The van der Waals surface area contributed by atoms with Gasteiger partial charge in [0.05, 0.1) is 0 Å². The van der Waals surface area contributed by atoms with Crippen molar-refractivity contribution in [1.82, 2.24) is 0 Å². The number of ether oxygens (including phenoxy) is 3.